The molecular weight excluding hydrogens is 254 g/mol. The van der Waals surface area contributed by atoms with Gasteiger partial charge >= 0.3 is 0 Å². The first-order valence-corrected chi connectivity index (χ1v) is 7.38. The second kappa shape index (κ2) is 7.45. The summed E-state index contributed by atoms with van der Waals surface area (Å²) in [6.45, 7) is 5.47. The molecule has 1 aliphatic rings. The Hall–Kier alpha value is -1.33. The minimum atomic E-state index is -0.0737. The highest BCUT2D eigenvalue weighted by molar-refractivity contribution is 5.78. The molecule has 0 aliphatic carbocycles. The van der Waals surface area contributed by atoms with Crippen molar-refractivity contribution in [3.63, 3.8) is 0 Å². The van der Waals surface area contributed by atoms with Gasteiger partial charge in [-0.3, -0.25) is 9.69 Å². The summed E-state index contributed by atoms with van der Waals surface area (Å²) in [4.78, 5) is 14.3. The van der Waals surface area contributed by atoms with Gasteiger partial charge in [0.25, 0.3) is 0 Å². The van der Waals surface area contributed by atoms with Crippen LogP contribution in [0, 0.1) is 5.92 Å². The number of carbonyl (C=O) groups is 1. The summed E-state index contributed by atoms with van der Waals surface area (Å²) in [6.07, 6.45) is 4.06. The number of carbonyl (C=O) groups excluding carboxylic acids is 1. The zero-order valence-corrected chi connectivity index (χ0v) is 12.4. The van der Waals surface area contributed by atoms with E-state index in [0.717, 1.165) is 25.4 Å². The molecule has 0 aromatic carbocycles. The highest BCUT2D eigenvalue weighted by atomic mass is 16.3. The van der Waals surface area contributed by atoms with Crippen LogP contribution in [0.25, 0.3) is 0 Å². The van der Waals surface area contributed by atoms with Crippen LogP contribution in [0.5, 0.6) is 0 Å². The van der Waals surface area contributed by atoms with Gasteiger partial charge in [-0.25, -0.2) is 0 Å². The van der Waals surface area contributed by atoms with Crippen molar-refractivity contribution in [3.05, 3.63) is 24.2 Å². The minimum absolute atomic E-state index is 0.0685. The molecule has 2 rings (SSSR count). The van der Waals surface area contributed by atoms with Gasteiger partial charge in [0.2, 0.25) is 5.91 Å². The number of rotatable bonds is 6. The summed E-state index contributed by atoms with van der Waals surface area (Å²) < 4.78 is 5.30. The summed E-state index contributed by atoms with van der Waals surface area (Å²) in [6, 6.07) is 3.65. The van der Waals surface area contributed by atoms with E-state index < -0.39 is 0 Å². The molecule has 0 saturated carbocycles. The van der Waals surface area contributed by atoms with Crippen molar-refractivity contribution in [1.82, 2.24) is 15.5 Å². The molecule has 1 fully saturated rings. The molecule has 5 nitrogen and oxygen atoms in total. The molecule has 5 heteroatoms. The molecular formula is C15H25N3O2. The van der Waals surface area contributed by atoms with E-state index in [4.69, 9.17) is 4.42 Å². The number of hydrogen-bond donors (Lipinski definition) is 2. The van der Waals surface area contributed by atoms with E-state index in [1.807, 2.05) is 26.1 Å². The largest absolute Gasteiger partial charge is 0.467 e. The van der Waals surface area contributed by atoms with Crippen LogP contribution in [-0.4, -0.2) is 44.0 Å². The van der Waals surface area contributed by atoms with Crippen molar-refractivity contribution in [3.8, 4) is 0 Å². The fourth-order valence-corrected chi connectivity index (χ4v) is 2.85. The van der Waals surface area contributed by atoms with Crippen LogP contribution in [0.3, 0.4) is 0 Å². The van der Waals surface area contributed by atoms with E-state index in [-0.39, 0.29) is 11.9 Å². The zero-order chi connectivity index (χ0) is 14.4. The predicted molar refractivity (Wildman–Crippen MR) is 78.4 cm³/mol. The Kier molecular flexibility index (Phi) is 5.61. The smallest absolute Gasteiger partial charge is 0.234 e. The van der Waals surface area contributed by atoms with E-state index in [2.05, 4.69) is 15.5 Å². The van der Waals surface area contributed by atoms with Gasteiger partial charge in [-0.15, -0.1) is 0 Å². The third-order valence-electron chi connectivity index (χ3n) is 3.81. The van der Waals surface area contributed by atoms with Crippen LogP contribution in [0.4, 0.5) is 0 Å². The molecule has 1 aromatic rings. The molecule has 2 N–H and O–H groups in total. The number of nitrogens with zero attached hydrogens (tertiary/aromatic N) is 1. The van der Waals surface area contributed by atoms with E-state index in [0.29, 0.717) is 12.5 Å². The minimum Gasteiger partial charge on any atom is -0.467 e. The third kappa shape index (κ3) is 4.35. The standard InChI is InChI=1S/C15H25N3O2/c1-12(14-6-4-8-20-14)17-15(19)11-18-7-3-5-13(10-18)9-16-2/h4,6,8,12-13,16H,3,5,7,9-11H2,1-2H3,(H,17,19). The number of nitrogens with one attached hydrogen (secondary N) is 2. The monoisotopic (exact) mass is 279 g/mol. The van der Waals surface area contributed by atoms with Crippen molar-refractivity contribution >= 4 is 5.91 Å². The molecule has 2 unspecified atom stereocenters. The molecule has 112 valence electrons. The van der Waals surface area contributed by atoms with Crippen molar-refractivity contribution in [2.24, 2.45) is 5.92 Å². The van der Waals surface area contributed by atoms with Crippen molar-refractivity contribution < 1.29 is 9.21 Å². The summed E-state index contributed by atoms with van der Waals surface area (Å²) >= 11 is 0. The number of piperidine rings is 1. The van der Waals surface area contributed by atoms with Crippen molar-refractivity contribution in [1.29, 1.82) is 0 Å². The zero-order valence-electron chi connectivity index (χ0n) is 12.4. The van der Waals surface area contributed by atoms with Crippen LogP contribution in [-0.2, 0) is 4.79 Å². The SMILES string of the molecule is CNCC1CCCN(CC(=O)NC(C)c2ccco2)C1. The van der Waals surface area contributed by atoms with Gasteiger partial charge in [-0.1, -0.05) is 0 Å². The quantitative estimate of drug-likeness (QED) is 0.826. The fraction of sp³-hybridized carbons (Fsp3) is 0.667. The lowest BCUT2D eigenvalue weighted by atomic mass is 9.98. The molecule has 0 radical (unpaired) electrons. The Morgan fingerprint density at radius 2 is 2.45 bits per heavy atom. The van der Waals surface area contributed by atoms with Gasteiger partial charge < -0.3 is 15.1 Å². The van der Waals surface area contributed by atoms with E-state index in [1.54, 1.807) is 6.26 Å². The van der Waals surface area contributed by atoms with Crippen molar-refractivity contribution in [2.75, 3.05) is 33.2 Å². The Morgan fingerprint density at radius 3 is 3.15 bits per heavy atom. The molecule has 2 heterocycles. The van der Waals surface area contributed by atoms with Gasteiger partial charge in [0.1, 0.15) is 5.76 Å². The first-order valence-electron chi connectivity index (χ1n) is 7.38. The van der Waals surface area contributed by atoms with Gasteiger partial charge in [0, 0.05) is 6.54 Å². The normalized spacial score (nSPS) is 21.6. The average Bonchev–Trinajstić information content (AvgIpc) is 2.93. The van der Waals surface area contributed by atoms with Gasteiger partial charge in [0.15, 0.2) is 0 Å². The molecule has 1 amide bonds. The van der Waals surface area contributed by atoms with E-state index in [1.165, 1.54) is 12.8 Å². The van der Waals surface area contributed by atoms with E-state index in [9.17, 15) is 4.79 Å². The number of furan rings is 1. The van der Waals surface area contributed by atoms with Crippen LogP contribution in [0.2, 0.25) is 0 Å². The first kappa shape index (κ1) is 15.1. The summed E-state index contributed by atoms with van der Waals surface area (Å²) in [7, 11) is 1.98. The van der Waals surface area contributed by atoms with Gasteiger partial charge in [-0.05, 0) is 58.0 Å². The summed E-state index contributed by atoms with van der Waals surface area (Å²) in [5.41, 5.74) is 0. The average molecular weight is 279 g/mol. The molecule has 1 aromatic heterocycles. The lowest BCUT2D eigenvalue weighted by Gasteiger charge is -2.32. The molecule has 1 aliphatic heterocycles. The molecule has 20 heavy (non-hydrogen) atoms. The van der Waals surface area contributed by atoms with Crippen LogP contribution >= 0.6 is 0 Å². The number of hydrogen-bond acceptors (Lipinski definition) is 4. The molecule has 0 bridgehead atoms. The molecule has 2 atom stereocenters. The second-order valence-corrected chi connectivity index (χ2v) is 5.61. The summed E-state index contributed by atoms with van der Waals surface area (Å²) in [5.74, 6) is 1.52. The van der Waals surface area contributed by atoms with Crippen LogP contribution < -0.4 is 10.6 Å². The molecule has 0 spiro atoms. The highest BCUT2D eigenvalue weighted by Crippen LogP contribution is 2.16. The Balaban J connectivity index is 1.76. The molecule has 1 saturated heterocycles. The maximum atomic E-state index is 12.1. The third-order valence-corrected chi connectivity index (χ3v) is 3.81. The fourth-order valence-electron chi connectivity index (χ4n) is 2.85. The van der Waals surface area contributed by atoms with Gasteiger partial charge in [0.05, 0.1) is 18.8 Å². The lowest BCUT2D eigenvalue weighted by Crippen LogP contribution is -2.44. The van der Waals surface area contributed by atoms with Crippen molar-refractivity contribution in [2.45, 2.75) is 25.8 Å². The Morgan fingerprint density at radius 1 is 1.60 bits per heavy atom. The maximum absolute atomic E-state index is 12.1. The lowest BCUT2D eigenvalue weighted by molar-refractivity contribution is -0.123. The number of likely N-dealkylation sites (tertiary alicyclic amines) is 1. The first-order chi connectivity index (χ1) is 9.69. The second-order valence-electron chi connectivity index (χ2n) is 5.61. The summed E-state index contributed by atoms with van der Waals surface area (Å²) in [5, 5.41) is 6.21. The van der Waals surface area contributed by atoms with Gasteiger partial charge in [-0.2, -0.15) is 0 Å². The van der Waals surface area contributed by atoms with Crippen LogP contribution in [0.15, 0.2) is 22.8 Å². The maximum Gasteiger partial charge on any atom is 0.234 e. The topological polar surface area (TPSA) is 57.5 Å². The number of amides is 1. The van der Waals surface area contributed by atoms with Crippen LogP contribution in [0.1, 0.15) is 31.6 Å². The highest BCUT2D eigenvalue weighted by Gasteiger charge is 2.21. The Labute approximate surface area is 120 Å². The Bertz CT molecular complexity index is 403. The predicted octanol–water partition coefficient (Wildman–Crippen LogP) is 1.39. The van der Waals surface area contributed by atoms with E-state index >= 15 is 0 Å².